The molecule has 1 fully saturated rings. The van der Waals surface area contributed by atoms with Crippen LogP contribution in [0.3, 0.4) is 0 Å². The van der Waals surface area contributed by atoms with Crippen molar-refractivity contribution in [2.24, 2.45) is 0 Å². The Hall–Kier alpha value is -0.620. The third-order valence-electron chi connectivity index (χ3n) is 3.02. The van der Waals surface area contributed by atoms with Gasteiger partial charge in [-0.2, -0.15) is 0 Å². The Bertz CT molecular complexity index is 322. The Kier molecular flexibility index (Phi) is 3.72. The number of nitrogens with one attached hydrogen (secondary N) is 1. The third kappa shape index (κ3) is 3.17. The Labute approximate surface area is 90.1 Å². The van der Waals surface area contributed by atoms with E-state index in [9.17, 15) is 13.2 Å². The van der Waals surface area contributed by atoms with Crippen molar-refractivity contribution >= 4 is 15.8 Å². The SMILES string of the molecule is CNC1(CC(=O)OC)CCS(=O)(=O)CC1. The molecule has 0 spiro atoms. The largest absolute Gasteiger partial charge is 0.469 e. The first-order valence-electron chi connectivity index (χ1n) is 4.89. The molecule has 0 amide bonds. The lowest BCUT2D eigenvalue weighted by molar-refractivity contribution is -0.142. The van der Waals surface area contributed by atoms with Crippen LogP contribution >= 0.6 is 0 Å². The topological polar surface area (TPSA) is 72.5 Å². The van der Waals surface area contributed by atoms with Gasteiger partial charge in [0, 0.05) is 5.54 Å². The number of ether oxygens (including phenoxy) is 1. The average molecular weight is 235 g/mol. The number of methoxy groups -OCH3 is 1. The molecule has 0 aromatic carbocycles. The van der Waals surface area contributed by atoms with E-state index in [-0.39, 0.29) is 23.9 Å². The number of hydrogen-bond acceptors (Lipinski definition) is 5. The molecule has 6 heteroatoms. The lowest BCUT2D eigenvalue weighted by atomic mass is 9.89. The van der Waals surface area contributed by atoms with Gasteiger partial charge < -0.3 is 10.1 Å². The van der Waals surface area contributed by atoms with Crippen molar-refractivity contribution in [1.29, 1.82) is 0 Å². The number of esters is 1. The molecule has 15 heavy (non-hydrogen) atoms. The van der Waals surface area contributed by atoms with Gasteiger partial charge in [0.25, 0.3) is 0 Å². The van der Waals surface area contributed by atoms with E-state index >= 15 is 0 Å². The summed E-state index contributed by atoms with van der Waals surface area (Å²) in [6, 6.07) is 0. The van der Waals surface area contributed by atoms with Crippen molar-refractivity contribution in [3.63, 3.8) is 0 Å². The van der Waals surface area contributed by atoms with Gasteiger partial charge in [-0.15, -0.1) is 0 Å². The highest BCUT2D eigenvalue weighted by Gasteiger charge is 2.37. The summed E-state index contributed by atoms with van der Waals surface area (Å²) in [5.41, 5.74) is -0.404. The van der Waals surface area contributed by atoms with Crippen molar-refractivity contribution in [2.75, 3.05) is 25.7 Å². The van der Waals surface area contributed by atoms with Crippen LogP contribution in [-0.2, 0) is 19.4 Å². The smallest absolute Gasteiger partial charge is 0.307 e. The van der Waals surface area contributed by atoms with Gasteiger partial charge in [0.2, 0.25) is 0 Å². The van der Waals surface area contributed by atoms with E-state index in [1.54, 1.807) is 7.05 Å². The van der Waals surface area contributed by atoms with Gasteiger partial charge in [-0.3, -0.25) is 4.79 Å². The molecule has 1 heterocycles. The Balaban J connectivity index is 2.68. The van der Waals surface area contributed by atoms with E-state index < -0.39 is 15.4 Å². The van der Waals surface area contributed by atoms with Crippen molar-refractivity contribution in [3.05, 3.63) is 0 Å². The molecular weight excluding hydrogens is 218 g/mol. The molecule has 0 aromatic heterocycles. The van der Waals surface area contributed by atoms with Gasteiger partial charge >= 0.3 is 5.97 Å². The number of rotatable bonds is 3. The predicted molar refractivity (Wildman–Crippen MR) is 56.3 cm³/mol. The van der Waals surface area contributed by atoms with Crippen LogP contribution in [0.4, 0.5) is 0 Å². The van der Waals surface area contributed by atoms with Crippen LogP contribution in [0, 0.1) is 0 Å². The van der Waals surface area contributed by atoms with Gasteiger partial charge in [0.05, 0.1) is 25.0 Å². The lowest BCUT2D eigenvalue weighted by Crippen LogP contribution is -2.50. The van der Waals surface area contributed by atoms with Crippen molar-refractivity contribution in [2.45, 2.75) is 24.8 Å². The Morgan fingerprint density at radius 2 is 1.93 bits per heavy atom. The normalized spacial score (nSPS) is 23.3. The molecule has 0 aliphatic carbocycles. The molecule has 5 nitrogen and oxygen atoms in total. The fraction of sp³-hybridized carbons (Fsp3) is 0.889. The third-order valence-corrected chi connectivity index (χ3v) is 4.68. The zero-order valence-electron chi connectivity index (χ0n) is 9.08. The second-order valence-corrected chi connectivity index (χ2v) is 6.24. The molecule has 0 atom stereocenters. The van der Waals surface area contributed by atoms with E-state index in [1.807, 2.05) is 0 Å². The summed E-state index contributed by atoms with van der Waals surface area (Å²) < 4.78 is 27.1. The number of carbonyl (C=O) groups excluding carboxylic acids is 1. The van der Waals surface area contributed by atoms with Crippen LogP contribution in [0.1, 0.15) is 19.3 Å². The first-order valence-corrected chi connectivity index (χ1v) is 6.71. The average Bonchev–Trinajstić information content (AvgIpc) is 2.22. The Morgan fingerprint density at radius 1 is 1.40 bits per heavy atom. The Morgan fingerprint density at radius 3 is 2.33 bits per heavy atom. The van der Waals surface area contributed by atoms with E-state index in [4.69, 9.17) is 0 Å². The second kappa shape index (κ2) is 4.49. The highest BCUT2D eigenvalue weighted by Crippen LogP contribution is 2.27. The maximum absolute atomic E-state index is 11.3. The molecule has 1 saturated heterocycles. The van der Waals surface area contributed by atoms with Crippen LogP contribution in [0.25, 0.3) is 0 Å². The number of sulfone groups is 1. The fourth-order valence-electron chi connectivity index (χ4n) is 1.79. The lowest BCUT2D eigenvalue weighted by Gasteiger charge is -2.35. The molecule has 1 N–H and O–H groups in total. The molecule has 0 unspecified atom stereocenters. The summed E-state index contributed by atoms with van der Waals surface area (Å²) in [4.78, 5) is 11.2. The van der Waals surface area contributed by atoms with Crippen molar-refractivity contribution in [3.8, 4) is 0 Å². The van der Waals surface area contributed by atoms with Crippen molar-refractivity contribution < 1.29 is 17.9 Å². The first-order chi connectivity index (χ1) is 6.93. The summed E-state index contributed by atoms with van der Waals surface area (Å²) in [5, 5.41) is 3.06. The van der Waals surface area contributed by atoms with Crippen LogP contribution in [-0.4, -0.2) is 45.6 Å². The summed E-state index contributed by atoms with van der Waals surface area (Å²) in [7, 11) is 0.191. The molecule has 1 aliphatic rings. The highest BCUT2D eigenvalue weighted by atomic mass is 32.2. The predicted octanol–water partition coefficient (Wildman–Crippen LogP) is -0.284. The molecule has 0 saturated carbocycles. The van der Waals surface area contributed by atoms with Crippen LogP contribution in [0.5, 0.6) is 0 Å². The quantitative estimate of drug-likeness (QED) is 0.681. The van der Waals surface area contributed by atoms with Crippen LogP contribution < -0.4 is 5.32 Å². The second-order valence-electron chi connectivity index (χ2n) is 3.94. The maximum Gasteiger partial charge on any atom is 0.307 e. The van der Waals surface area contributed by atoms with Crippen LogP contribution in [0.15, 0.2) is 0 Å². The standard InChI is InChI=1S/C9H17NO4S/c1-10-9(7-8(11)14-2)3-5-15(12,13)6-4-9/h10H,3-7H2,1-2H3. The van der Waals surface area contributed by atoms with E-state index in [0.717, 1.165) is 0 Å². The molecule has 1 rings (SSSR count). The molecule has 0 radical (unpaired) electrons. The minimum atomic E-state index is -2.90. The summed E-state index contributed by atoms with van der Waals surface area (Å²) in [6.45, 7) is 0. The number of hydrogen-bond donors (Lipinski definition) is 1. The minimum Gasteiger partial charge on any atom is -0.469 e. The van der Waals surface area contributed by atoms with Crippen LogP contribution in [0.2, 0.25) is 0 Å². The van der Waals surface area contributed by atoms with Gasteiger partial charge in [-0.1, -0.05) is 0 Å². The summed E-state index contributed by atoms with van der Waals surface area (Å²) in [5.74, 6) is -0.0148. The molecule has 1 aliphatic heterocycles. The summed E-state index contributed by atoms with van der Waals surface area (Å²) >= 11 is 0. The van der Waals surface area contributed by atoms with Crippen molar-refractivity contribution in [1.82, 2.24) is 5.32 Å². The molecule has 88 valence electrons. The number of carbonyl (C=O) groups is 1. The fourth-order valence-corrected chi connectivity index (χ4v) is 3.40. The van der Waals surface area contributed by atoms with Gasteiger partial charge in [0.15, 0.2) is 0 Å². The monoisotopic (exact) mass is 235 g/mol. The van der Waals surface area contributed by atoms with E-state index in [0.29, 0.717) is 12.8 Å². The zero-order valence-corrected chi connectivity index (χ0v) is 9.89. The molecule has 0 bridgehead atoms. The maximum atomic E-state index is 11.3. The summed E-state index contributed by atoms with van der Waals surface area (Å²) in [6.07, 6.45) is 1.18. The van der Waals surface area contributed by atoms with E-state index in [2.05, 4.69) is 10.1 Å². The minimum absolute atomic E-state index is 0.144. The van der Waals surface area contributed by atoms with Gasteiger partial charge in [0.1, 0.15) is 9.84 Å². The van der Waals surface area contributed by atoms with Gasteiger partial charge in [-0.25, -0.2) is 8.42 Å². The highest BCUT2D eigenvalue weighted by molar-refractivity contribution is 7.91. The van der Waals surface area contributed by atoms with Gasteiger partial charge in [-0.05, 0) is 19.9 Å². The van der Waals surface area contributed by atoms with E-state index in [1.165, 1.54) is 7.11 Å². The first kappa shape index (κ1) is 12.4. The zero-order chi connectivity index (χ0) is 11.5. The molecular formula is C9H17NO4S. The molecule has 0 aromatic rings.